The molecule has 0 aliphatic carbocycles. The second-order valence-corrected chi connectivity index (χ2v) is 3.39. The zero-order valence-electron chi connectivity index (χ0n) is 8.84. The first-order chi connectivity index (χ1) is 7.68. The van der Waals surface area contributed by atoms with Crippen LogP contribution in [0.1, 0.15) is 0 Å². The number of nitrogens with zero attached hydrogens (tertiary/aromatic N) is 2. The third kappa shape index (κ3) is 1.88. The van der Waals surface area contributed by atoms with Gasteiger partial charge in [-0.25, -0.2) is 4.79 Å². The first-order valence-electron chi connectivity index (χ1n) is 4.82. The van der Waals surface area contributed by atoms with Crippen LogP contribution < -0.4 is 11.1 Å². The molecular formula is C11H12N4O. The standard InChI is InChI=1S/C11H12N4O/c1-15-10(14-11(12)16)9(7-13-15)8-5-3-2-4-6-8/h2-7H,1H3,(H3,12,14,16). The maximum Gasteiger partial charge on any atom is 0.317 e. The second kappa shape index (κ2) is 4.06. The number of urea groups is 1. The predicted molar refractivity (Wildman–Crippen MR) is 61.9 cm³/mol. The van der Waals surface area contributed by atoms with E-state index >= 15 is 0 Å². The molecule has 0 spiro atoms. The summed E-state index contributed by atoms with van der Waals surface area (Å²) in [5.74, 6) is 0.596. The first kappa shape index (κ1) is 10.2. The van der Waals surface area contributed by atoms with E-state index in [-0.39, 0.29) is 0 Å². The van der Waals surface area contributed by atoms with Gasteiger partial charge in [0.2, 0.25) is 0 Å². The second-order valence-electron chi connectivity index (χ2n) is 3.39. The highest BCUT2D eigenvalue weighted by Crippen LogP contribution is 2.26. The van der Waals surface area contributed by atoms with E-state index in [4.69, 9.17) is 5.73 Å². The van der Waals surface area contributed by atoms with Gasteiger partial charge < -0.3 is 5.73 Å². The molecule has 0 saturated heterocycles. The summed E-state index contributed by atoms with van der Waals surface area (Å²) in [5.41, 5.74) is 6.94. The molecule has 0 aliphatic rings. The molecule has 2 aromatic rings. The Kier molecular flexibility index (Phi) is 2.59. The number of hydrogen-bond acceptors (Lipinski definition) is 2. The molecule has 0 radical (unpaired) electrons. The zero-order chi connectivity index (χ0) is 11.5. The van der Waals surface area contributed by atoms with E-state index in [0.29, 0.717) is 5.82 Å². The molecule has 1 heterocycles. The molecule has 0 aliphatic heterocycles. The van der Waals surface area contributed by atoms with Crippen LogP contribution in [0.5, 0.6) is 0 Å². The summed E-state index contributed by atoms with van der Waals surface area (Å²) in [5, 5.41) is 6.65. The zero-order valence-corrected chi connectivity index (χ0v) is 8.84. The van der Waals surface area contributed by atoms with E-state index in [1.165, 1.54) is 0 Å². The highest BCUT2D eigenvalue weighted by atomic mass is 16.2. The summed E-state index contributed by atoms with van der Waals surface area (Å²) < 4.78 is 1.58. The Hall–Kier alpha value is -2.30. The van der Waals surface area contributed by atoms with E-state index in [1.807, 2.05) is 30.3 Å². The number of carbonyl (C=O) groups excluding carboxylic acids is 1. The highest BCUT2D eigenvalue weighted by Gasteiger charge is 2.11. The average Bonchev–Trinajstić information content (AvgIpc) is 2.61. The maximum atomic E-state index is 10.9. The Morgan fingerprint density at radius 2 is 2.06 bits per heavy atom. The number of carbonyl (C=O) groups is 1. The van der Waals surface area contributed by atoms with Gasteiger partial charge in [-0.15, -0.1) is 0 Å². The summed E-state index contributed by atoms with van der Waals surface area (Å²) >= 11 is 0. The van der Waals surface area contributed by atoms with E-state index in [9.17, 15) is 4.79 Å². The molecule has 82 valence electrons. The van der Waals surface area contributed by atoms with Gasteiger partial charge in [0.1, 0.15) is 5.82 Å². The van der Waals surface area contributed by atoms with Crippen molar-refractivity contribution in [3.05, 3.63) is 36.5 Å². The third-order valence-corrected chi connectivity index (χ3v) is 2.27. The largest absolute Gasteiger partial charge is 0.351 e. The summed E-state index contributed by atoms with van der Waals surface area (Å²) in [6.45, 7) is 0. The molecule has 0 fully saturated rings. The Labute approximate surface area is 92.9 Å². The molecule has 2 rings (SSSR count). The maximum absolute atomic E-state index is 10.9. The number of hydrogen-bond donors (Lipinski definition) is 2. The third-order valence-electron chi connectivity index (χ3n) is 2.27. The van der Waals surface area contributed by atoms with Gasteiger partial charge in [0.15, 0.2) is 0 Å². The minimum absolute atomic E-state index is 0.596. The summed E-state index contributed by atoms with van der Waals surface area (Å²) in [6.07, 6.45) is 1.70. The molecule has 0 atom stereocenters. The summed E-state index contributed by atoms with van der Waals surface area (Å²) in [4.78, 5) is 10.9. The Bertz CT molecular complexity index is 504. The molecule has 0 bridgehead atoms. The Morgan fingerprint density at radius 1 is 1.38 bits per heavy atom. The Morgan fingerprint density at radius 3 is 2.69 bits per heavy atom. The number of nitrogens with one attached hydrogen (secondary N) is 1. The van der Waals surface area contributed by atoms with E-state index in [2.05, 4.69) is 10.4 Å². The van der Waals surface area contributed by atoms with Crippen LogP contribution in [0.3, 0.4) is 0 Å². The minimum Gasteiger partial charge on any atom is -0.351 e. The molecule has 5 nitrogen and oxygen atoms in total. The van der Waals surface area contributed by atoms with Crippen LogP contribution in [0.15, 0.2) is 36.5 Å². The number of anilines is 1. The number of nitrogens with two attached hydrogens (primary N) is 1. The predicted octanol–water partition coefficient (Wildman–Crippen LogP) is 1.58. The van der Waals surface area contributed by atoms with Gasteiger partial charge in [-0.05, 0) is 5.56 Å². The van der Waals surface area contributed by atoms with Gasteiger partial charge in [-0.1, -0.05) is 30.3 Å². The van der Waals surface area contributed by atoms with Crippen LogP contribution in [-0.2, 0) is 7.05 Å². The quantitative estimate of drug-likeness (QED) is 0.799. The lowest BCUT2D eigenvalue weighted by molar-refractivity contribution is 0.259. The van der Waals surface area contributed by atoms with Crippen LogP contribution in [0.4, 0.5) is 10.6 Å². The topological polar surface area (TPSA) is 72.9 Å². The number of aryl methyl sites for hydroxylation is 1. The molecule has 2 amide bonds. The molecule has 0 unspecified atom stereocenters. The smallest absolute Gasteiger partial charge is 0.317 e. The van der Waals surface area contributed by atoms with Crippen LogP contribution in [0.25, 0.3) is 11.1 Å². The SMILES string of the molecule is Cn1ncc(-c2ccccc2)c1NC(N)=O. The number of primary amides is 1. The van der Waals surface area contributed by atoms with Gasteiger partial charge >= 0.3 is 6.03 Å². The molecule has 1 aromatic carbocycles. The van der Waals surface area contributed by atoms with Crippen molar-refractivity contribution in [1.82, 2.24) is 9.78 Å². The van der Waals surface area contributed by atoms with Crippen LogP contribution in [0.2, 0.25) is 0 Å². The van der Waals surface area contributed by atoms with Crippen molar-refractivity contribution in [2.75, 3.05) is 5.32 Å². The lowest BCUT2D eigenvalue weighted by atomic mass is 10.1. The lowest BCUT2D eigenvalue weighted by Crippen LogP contribution is -2.21. The van der Waals surface area contributed by atoms with Gasteiger partial charge in [0.25, 0.3) is 0 Å². The fourth-order valence-corrected chi connectivity index (χ4v) is 1.53. The monoisotopic (exact) mass is 216 g/mol. The Balaban J connectivity index is 2.46. The van der Waals surface area contributed by atoms with Crippen LogP contribution in [-0.4, -0.2) is 15.8 Å². The molecule has 1 aromatic heterocycles. The van der Waals surface area contributed by atoms with Crippen molar-refractivity contribution in [3.63, 3.8) is 0 Å². The lowest BCUT2D eigenvalue weighted by Gasteiger charge is -2.05. The van der Waals surface area contributed by atoms with Gasteiger partial charge in [-0.3, -0.25) is 10.00 Å². The van der Waals surface area contributed by atoms with Crippen molar-refractivity contribution in [1.29, 1.82) is 0 Å². The molecule has 16 heavy (non-hydrogen) atoms. The summed E-state index contributed by atoms with van der Waals surface area (Å²) in [7, 11) is 1.75. The minimum atomic E-state index is -0.596. The van der Waals surface area contributed by atoms with Gasteiger partial charge in [0, 0.05) is 12.6 Å². The van der Waals surface area contributed by atoms with E-state index < -0.39 is 6.03 Å². The van der Waals surface area contributed by atoms with Gasteiger partial charge in [-0.2, -0.15) is 5.10 Å². The average molecular weight is 216 g/mol. The first-order valence-corrected chi connectivity index (χ1v) is 4.82. The van der Waals surface area contributed by atoms with Crippen LogP contribution >= 0.6 is 0 Å². The number of aromatic nitrogens is 2. The fraction of sp³-hybridized carbons (Fsp3) is 0.0909. The van der Waals surface area contributed by atoms with Crippen molar-refractivity contribution in [3.8, 4) is 11.1 Å². The molecular weight excluding hydrogens is 204 g/mol. The molecule has 3 N–H and O–H groups in total. The number of rotatable bonds is 2. The van der Waals surface area contributed by atoms with Crippen LogP contribution in [0, 0.1) is 0 Å². The van der Waals surface area contributed by atoms with Crippen molar-refractivity contribution >= 4 is 11.8 Å². The van der Waals surface area contributed by atoms with E-state index in [1.54, 1.807) is 17.9 Å². The van der Waals surface area contributed by atoms with Crippen molar-refractivity contribution < 1.29 is 4.79 Å². The van der Waals surface area contributed by atoms with E-state index in [0.717, 1.165) is 11.1 Å². The fourth-order valence-electron chi connectivity index (χ4n) is 1.53. The normalized spacial score (nSPS) is 10.1. The summed E-state index contributed by atoms with van der Waals surface area (Å²) in [6, 6.07) is 9.08. The highest BCUT2D eigenvalue weighted by molar-refractivity contribution is 5.91. The van der Waals surface area contributed by atoms with Crippen molar-refractivity contribution in [2.45, 2.75) is 0 Å². The van der Waals surface area contributed by atoms with Gasteiger partial charge in [0.05, 0.1) is 6.20 Å². The molecule has 0 saturated carbocycles. The number of benzene rings is 1. The molecule has 5 heteroatoms. The number of amides is 2. The van der Waals surface area contributed by atoms with Crippen molar-refractivity contribution in [2.24, 2.45) is 12.8 Å².